The highest BCUT2D eigenvalue weighted by atomic mass is 16.6. The first-order valence-corrected chi connectivity index (χ1v) is 7.45. The smallest absolute Gasteiger partial charge is 0.408 e. The van der Waals surface area contributed by atoms with Crippen LogP contribution in [-0.2, 0) is 25.7 Å². The highest BCUT2D eigenvalue weighted by molar-refractivity contribution is 5.84. The molecule has 0 aliphatic rings. The third kappa shape index (κ3) is 8.85. The van der Waals surface area contributed by atoms with Gasteiger partial charge in [0.1, 0.15) is 24.8 Å². The van der Waals surface area contributed by atoms with Crippen molar-refractivity contribution < 1.29 is 35.8 Å². The minimum atomic E-state index is -3.64. The van der Waals surface area contributed by atoms with Crippen molar-refractivity contribution in [2.24, 2.45) is 0 Å². The number of hydrogen-bond acceptors (Lipinski definition) is 6. The summed E-state index contributed by atoms with van der Waals surface area (Å²) < 4.78 is 49.8. The highest BCUT2D eigenvalue weighted by Crippen LogP contribution is 2.11. The van der Waals surface area contributed by atoms with Crippen molar-refractivity contribution in [1.29, 1.82) is 0 Å². The number of ether oxygens (including phenoxy) is 2. The van der Waals surface area contributed by atoms with Gasteiger partial charge in [-0.1, -0.05) is 30.3 Å². The summed E-state index contributed by atoms with van der Waals surface area (Å²) in [5, 5.41) is 10.7. The van der Waals surface area contributed by atoms with Crippen LogP contribution in [0.15, 0.2) is 30.3 Å². The van der Waals surface area contributed by atoms with Crippen molar-refractivity contribution >= 4 is 17.8 Å². The average molecular weight is 356 g/mol. The Morgan fingerprint density at radius 1 is 1.28 bits per heavy atom. The third-order valence-electron chi connectivity index (χ3n) is 2.51. The molecule has 0 saturated carbocycles. The second-order valence-corrected chi connectivity index (χ2v) is 5.89. The number of esters is 1. The molecule has 1 aromatic rings. The molecule has 0 fully saturated rings. The zero-order valence-electron chi connectivity index (χ0n) is 19.3. The largest absolute Gasteiger partial charge is 0.458 e. The number of carbonyl (C=O) groups is 3. The van der Waals surface area contributed by atoms with E-state index in [4.69, 9.17) is 21.4 Å². The molecule has 0 aliphatic carbocycles. The van der Waals surface area contributed by atoms with Gasteiger partial charge in [-0.25, -0.2) is 9.59 Å². The minimum Gasteiger partial charge on any atom is -0.458 e. The molecule has 0 unspecified atom stereocenters. The van der Waals surface area contributed by atoms with E-state index in [0.29, 0.717) is 5.56 Å². The van der Waals surface area contributed by atoms with E-state index >= 15 is 0 Å². The lowest BCUT2D eigenvalue weighted by Gasteiger charge is -2.24. The Balaban J connectivity index is 3.24. The van der Waals surface area contributed by atoms with Crippen LogP contribution in [0.5, 0.6) is 0 Å². The maximum atomic E-state index is 12.6. The lowest BCUT2D eigenvalue weighted by molar-refractivity contribution is -0.157. The number of aliphatic hydroxyl groups excluding tert-OH is 1. The van der Waals surface area contributed by atoms with Crippen LogP contribution in [0, 0.1) is 0 Å². The number of rotatable bonds is 8. The van der Waals surface area contributed by atoms with E-state index in [1.807, 2.05) is 0 Å². The highest BCUT2D eigenvalue weighted by Gasteiger charge is 2.27. The monoisotopic (exact) mass is 356 g/mol. The molecule has 0 aromatic heterocycles. The van der Waals surface area contributed by atoms with Gasteiger partial charge in [-0.05, 0) is 32.7 Å². The molecule has 0 saturated heterocycles. The van der Waals surface area contributed by atoms with Gasteiger partial charge < -0.3 is 19.9 Å². The quantitative estimate of drug-likeness (QED) is 0.691. The maximum Gasteiger partial charge on any atom is 0.408 e. The molecular weight excluding hydrogens is 326 g/mol. The van der Waals surface area contributed by atoms with Crippen LogP contribution in [0.3, 0.4) is 0 Å². The van der Waals surface area contributed by atoms with E-state index < -0.39 is 48.8 Å². The summed E-state index contributed by atoms with van der Waals surface area (Å²) in [7, 11) is 0. The van der Waals surface area contributed by atoms with E-state index in [9.17, 15) is 14.4 Å². The summed E-state index contributed by atoms with van der Waals surface area (Å²) in [6.07, 6.45) is -8.57. The summed E-state index contributed by atoms with van der Waals surface area (Å²) >= 11 is 0. The number of aliphatic hydroxyl groups is 1. The summed E-state index contributed by atoms with van der Waals surface area (Å²) in [5.74, 6) is -3.27. The third-order valence-corrected chi connectivity index (χ3v) is 2.51. The fourth-order valence-corrected chi connectivity index (χ4v) is 1.50. The van der Waals surface area contributed by atoms with Crippen molar-refractivity contribution in [1.82, 2.24) is 5.32 Å². The Kier molecular flexibility index (Phi) is 5.41. The van der Waals surface area contributed by atoms with Crippen LogP contribution in [0.25, 0.3) is 0 Å². The van der Waals surface area contributed by atoms with Gasteiger partial charge in [-0.15, -0.1) is 0 Å². The van der Waals surface area contributed by atoms with Gasteiger partial charge in [0.05, 0.1) is 1.37 Å². The summed E-state index contributed by atoms with van der Waals surface area (Å²) in [6.45, 7) is 2.60. The van der Waals surface area contributed by atoms with Gasteiger partial charge in [0, 0.05) is 11.9 Å². The number of carbonyl (C=O) groups excluding carboxylic acids is 3. The molecule has 138 valence electrons. The first-order valence-electron chi connectivity index (χ1n) is 9.95. The Hall–Kier alpha value is -2.41. The first kappa shape index (κ1) is 13.8. The number of Topliss-reactive ketones (excluding diaryl/α,β-unsaturated/α-hetero) is 1. The Morgan fingerprint density at radius 2 is 1.92 bits per heavy atom. The van der Waals surface area contributed by atoms with Crippen molar-refractivity contribution in [2.45, 2.75) is 51.7 Å². The topological polar surface area (TPSA) is 102 Å². The van der Waals surface area contributed by atoms with Gasteiger partial charge in [0.25, 0.3) is 0 Å². The molecule has 1 atom stereocenters. The Morgan fingerprint density at radius 3 is 2.48 bits per heavy atom. The normalized spacial score (nSPS) is 17.5. The van der Waals surface area contributed by atoms with Crippen LogP contribution in [0.1, 0.15) is 45.9 Å². The Labute approximate surface area is 154 Å². The van der Waals surface area contributed by atoms with E-state index in [-0.39, 0.29) is 6.61 Å². The number of ketones is 1. The van der Waals surface area contributed by atoms with Crippen LogP contribution >= 0.6 is 0 Å². The molecule has 1 amide bonds. The summed E-state index contributed by atoms with van der Waals surface area (Å²) in [4.78, 5) is 36.7. The van der Waals surface area contributed by atoms with Crippen molar-refractivity contribution in [3.05, 3.63) is 35.9 Å². The second-order valence-electron chi connectivity index (χ2n) is 5.89. The molecule has 25 heavy (non-hydrogen) atoms. The summed E-state index contributed by atoms with van der Waals surface area (Å²) in [5.41, 5.74) is -0.655. The predicted octanol–water partition coefficient (Wildman–Crippen LogP) is 1.96. The Bertz CT molecular complexity index is 781. The van der Waals surface area contributed by atoms with Gasteiger partial charge in [-0.3, -0.25) is 4.79 Å². The molecule has 7 heteroatoms. The average Bonchev–Trinajstić information content (AvgIpc) is 2.64. The van der Waals surface area contributed by atoms with E-state index in [1.165, 1.54) is 20.8 Å². The molecule has 0 bridgehead atoms. The summed E-state index contributed by atoms with van der Waals surface area (Å²) in [6, 6.07) is 4.94. The lowest BCUT2D eigenvalue weighted by atomic mass is 10.1. The predicted molar refractivity (Wildman–Crippen MR) is 90.7 cm³/mol. The molecule has 0 aliphatic heterocycles. The zero-order chi connectivity index (χ0) is 23.4. The number of benzene rings is 1. The number of amides is 1. The number of hydrogen-bond donors (Lipinski definition) is 2. The standard InChI is InChI=1S/C18H25NO6/c1-18(2,3)25-16(22)15(10-9-14(21)11-20)19-17(23)24-12-13-7-5-4-6-8-13/h4-8,15,20H,9-12H2,1-3H3,(H,19,23)/t15-/m0/s1/i9D2,10D2,15D. The molecule has 1 rings (SSSR count). The van der Waals surface area contributed by atoms with Crippen molar-refractivity contribution in [2.75, 3.05) is 6.61 Å². The van der Waals surface area contributed by atoms with Gasteiger partial charge in [0.15, 0.2) is 5.78 Å². The van der Waals surface area contributed by atoms with E-state index in [2.05, 4.69) is 0 Å². The number of nitrogens with one attached hydrogen (secondary N) is 1. The van der Waals surface area contributed by atoms with Crippen LogP contribution < -0.4 is 5.32 Å². The fraction of sp³-hybridized carbons (Fsp3) is 0.500. The molecule has 1 aromatic carbocycles. The van der Waals surface area contributed by atoms with Gasteiger partial charge in [-0.2, -0.15) is 0 Å². The number of alkyl carbamates (subject to hydrolysis) is 1. The maximum absolute atomic E-state index is 12.6. The van der Waals surface area contributed by atoms with Crippen LogP contribution in [0.2, 0.25) is 0 Å². The van der Waals surface area contributed by atoms with Gasteiger partial charge in [0.2, 0.25) is 0 Å². The zero-order valence-corrected chi connectivity index (χ0v) is 14.3. The van der Waals surface area contributed by atoms with Crippen LogP contribution in [0.4, 0.5) is 4.79 Å². The van der Waals surface area contributed by atoms with Gasteiger partial charge >= 0.3 is 12.1 Å². The second kappa shape index (κ2) is 9.78. The molecular formula is C18H25NO6. The van der Waals surface area contributed by atoms with E-state index in [0.717, 1.165) is 0 Å². The van der Waals surface area contributed by atoms with Crippen LogP contribution in [-0.4, -0.2) is 41.2 Å². The SMILES string of the molecule is [2H]C([2H])(C(=O)CO)C([2H])([2H])[C@]([2H])(NC(=O)OCc1ccccc1)C(=O)OC(C)(C)C. The molecule has 0 heterocycles. The van der Waals surface area contributed by atoms with Crippen molar-refractivity contribution in [3.63, 3.8) is 0 Å². The lowest BCUT2D eigenvalue weighted by Crippen LogP contribution is -2.44. The first-order chi connectivity index (χ1) is 13.6. The molecule has 0 radical (unpaired) electrons. The molecule has 2 N–H and O–H groups in total. The molecule has 0 spiro atoms. The fourth-order valence-electron chi connectivity index (χ4n) is 1.50. The molecule has 7 nitrogen and oxygen atoms in total. The minimum absolute atomic E-state index is 0.275. The van der Waals surface area contributed by atoms with Crippen molar-refractivity contribution in [3.8, 4) is 0 Å². The van der Waals surface area contributed by atoms with E-state index in [1.54, 1.807) is 35.6 Å².